The van der Waals surface area contributed by atoms with Gasteiger partial charge in [-0.3, -0.25) is 4.90 Å². The summed E-state index contributed by atoms with van der Waals surface area (Å²) in [4.78, 5) is 11.0. The zero-order chi connectivity index (χ0) is 12.3. The number of rotatable bonds is 4. The van der Waals surface area contributed by atoms with Crippen LogP contribution < -0.4 is 5.32 Å². The summed E-state index contributed by atoms with van der Waals surface area (Å²) in [5.74, 6) is 0.847. The van der Waals surface area contributed by atoms with Gasteiger partial charge in [0, 0.05) is 31.4 Å². The first-order chi connectivity index (χ1) is 8.15. The highest BCUT2D eigenvalue weighted by Gasteiger charge is 2.23. The minimum Gasteiger partial charge on any atom is -0.307 e. The number of aromatic nitrogens is 2. The maximum atomic E-state index is 4.40. The second-order valence-electron chi connectivity index (χ2n) is 5.05. The molecule has 1 aromatic rings. The van der Waals surface area contributed by atoms with Gasteiger partial charge in [0.15, 0.2) is 0 Å². The lowest BCUT2D eigenvalue weighted by Crippen LogP contribution is -2.35. The quantitative estimate of drug-likeness (QED) is 0.854. The monoisotopic (exact) mass is 234 g/mol. The second-order valence-corrected chi connectivity index (χ2v) is 5.05. The van der Waals surface area contributed by atoms with Crippen molar-refractivity contribution in [3.05, 3.63) is 23.8 Å². The summed E-state index contributed by atoms with van der Waals surface area (Å²) in [7, 11) is 0. The molecule has 1 atom stereocenters. The number of nitrogens with zero attached hydrogens (tertiary/aromatic N) is 3. The van der Waals surface area contributed by atoms with Crippen LogP contribution in [0.5, 0.6) is 0 Å². The van der Waals surface area contributed by atoms with E-state index in [-0.39, 0.29) is 0 Å². The van der Waals surface area contributed by atoms with Crippen molar-refractivity contribution in [2.24, 2.45) is 0 Å². The number of aryl methyl sites for hydroxylation is 1. The Kier molecular flexibility index (Phi) is 4.07. The standard InChI is InChI=1S/C13H22N4/c1-10(2)17-7-5-13(9-17)15-8-12-4-6-14-11(3)16-12/h4,6,10,13,15H,5,7-9H2,1-3H3. The molecule has 0 amide bonds. The van der Waals surface area contributed by atoms with Gasteiger partial charge in [-0.15, -0.1) is 0 Å². The number of likely N-dealkylation sites (tertiary alicyclic amines) is 1. The molecule has 0 spiro atoms. The molecule has 0 aliphatic carbocycles. The summed E-state index contributed by atoms with van der Waals surface area (Å²) >= 11 is 0. The van der Waals surface area contributed by atoms with Crippen molar-refractivity contribution in [1.82, 2.24) is 20.2 Å². The van der Waals surface area contributed by atoms with Crippen molar-refractivity contribution in [3.63, 3.8) is 0 Å². The molecule has 4 nitrogen and oxygen atoms in total. The van der Waals surface area contributed by atoms with Crippen molar-refractivity contribution in [2.45, 2.75) is 45.8 Å². The Labute approximate surface area is 103 Å². The van der Waals surface area contributed by atoms with Crippen LogP contribution in [0.4, 0.5) is 0 Å². The predicted octanol–water partition coefficient (Wildman–Crippen LogP) is 1.36. The molecule has 17 heavy (non-hydrogen) atoms. The van der Waals surface area contributed by atoms with Crippen LogP contribution in [0.2, 0.25) is 0 Å². The molecule has 94 valence electrons. The largest absolute Gasteiger partial charge is 0.307 e. The van der Waals surface area contributed by atoms with Gasteiger partial charge in [0.2, 0.25) is 0 Å². The van der Waals surface area contributed by atoms with E-state index in [1.807, 2.05) is 19.2 Å². The molecular weight excluding hydrogens is 212 g/mol. The maximum Gasteiger partial charge on any atom is 0.125 e. The van der Waals surface area contributed by atoms with Crippen molar-refractivity contribution in [3.8, 4) is 0 Å². The SMILES string of the molecule is Cc1nccc(CNC2CCN(C(C)C)C2)n1. The predicted molar refractivity (Wildman–Crippen MR) is 68.7 cm³/mol. The zero-order valence-corrected chi connectivity index (χ0v) is 11.0. The fraction of sp³-hybridized carbons (Fsp3) is 0.692. The topological polar surface area (TPSA) is 41.1 Å². The summed E-state index contributed by atoms with van der Waals surface area (Å²) in [6, 6.07) is 3.24. The summed E-state index contributed by atoms with van der Waals surface area (Å²) in [5.41, 5.74) is 1.08. The van der Waals surface area contributed by atoms with Crippen molar-refractivity contribution < 1.29 is 0 Å². The van der Waals surface area contributed by atoms with Crippen molar-refractivity contribution in [2.75, 3.05) is 13.1 Å². The minimum absolute atomic E-state index is 0.604. The van der Waals surface area contributed by atoms with E-state index in [1.165, 1.54) is 13.0 Å². The van der Waals surface area contributed by atoms with Gasteiger partial charge in [-0.25, -0.2) is 9.97 Å². The Bertz CT molecular complexity index is 364. The van der Waals surface area contributed by atoms with E-state index in [4.69, 9.17) is 0 Å². The molecule has 2 heterocycles. The number of hydrogen-bond donors (Lipinski definition) is 1. The molecule has 1 fully saturated rings. The smallest absolute Gasteiger partial charge is 0.125 e. The third kappa shape index (κ3) is 3.48. The van der Waals surface area contributed by atoms with Crippen LogP contribution in [0.25, 0.3) is 0 Å². The van der Waals surface area contributed by atoms with Gasteiger partial charge in [0.1, 0.15) is 5.82 Å². The van der Waals surface area contributed by atoms with Gasteiger partial charge in [0.05, 0.1) is 5.69 Å². The van der Waals surface area contributed by atoms with Crippen LogP contribution >= 0.6 is 0 Å². The lowest BCUT2D eigenvalue weighted by molar-refractivity contribution is 0.268. The van der Waals surface area contributed by atoms with E-state index in [9.17, 15) is 0 Å². The van der Waals surface area contributed by atoms with Crippen LogP contribution in [0.3, 0.4) is 0 Å². The Hall–Kier alpha value is -1.00. The Morgan fingerprint density at radius 2 is 2.35 bits per heavy atom. The molecule has 0 radical (unpaired) electrons. The van der Waals surface area contributed by atoms with Crippen LogP contribution in [-0.2, 0) is 6.54 Å². The Balaban J connectivity index is 1.80. The zero-order valence-electron chi connectivity index (χ0n) is 11.0. The summed E-state index contributed by atoms with van der Waals surface area (Å²) in [6.45, 7) is 9.66. The van der Waals surface area contributed by atoms with Crippen LogP contribution in [-0.4, -0.2) is 40.0 Å². The first-order valence-corrected chi connectivity index (χ1v) is 6.41. The highest BCUT2D eigenvalue weighted by molar-refractivity contribution is 5.01. The molecule has 4 heteroatoms. The summed E-state index contributed by atoms with van der Waals surface area (Å²) in [5, 5.41) is 3.58. The van der Waals surface area contributed by atoms with E-state index < -0.39 is 0 Å². The molecule has 1 aromatic heterocycles. The number of hydrogen-bond acceptors (Lipinski definition) is 4. The minimum atomic E-state index is 0.604. The molecule has 1 aliphatic heterocycles. The van der Waals surface area contributed by atoms with Gasteiger partial charge < -0.3 is 5.32 Å². The lowest BCUT2D eigenvalue weighted by atomic mass is 10.2. The van der Waals surface area contributed by atoms with E-state index in [2.05, 4.69) is 34.0 Å². The molecule has 1 saturated heterocycles. The van der Waals surface area contributed by atoms with Gasteiger partial charge in [0.25, 0.3) is 0 Å². The van der Waals surface area contributed by atoms with Crippen LogP contribution in [0.15, 0.2) is 12.3 Å². The normalized spacial score (nSPS) is 21.3. The van der Waals surface area contributed by atoms with Crippen LogP contribution in [0.1, 0.15) is 31.8 Å². The van der Waals surface area contributed by atoms with Gasteiger partial charge in [-0.2, -0.15) is 0 Å². The fourth-order valence-electron chi connectivity index (χ4n) is 2.28. The average Bonchev–Trinajstić information content (AvgIpc) is 2.75. The average molecular weight is 234 g/mol. The summed E-state index contributed by atoms with van der Waals surface area (Å²) in [6.07, 6.45) is 3.07. The van der Waals surface area contributed by atoms with Gasteiger partial charge in [-0.05, 0) is 39.8 Å². The first kappa shape index (κ1) is 12.5. The maximum absolute atomic E-state index is 4.40. The third-order valence-corrected chi connectivity index (χ3v) is 3.36. The number of nitrogens with one attached hydrogen (secondary N) is 1. The second kappa shape index (κ2) is 5.56. The van der Waals surface area contributed by atoms with Gasteiger partial charge in [-0.1, -0.05) is 0 Å². The molecule has 2 rings (SSSR count). The highest BCUT2D eigenvalue weighted by atomic mass is 15.2. The molecule has 0 aromatic carbocycles. The van der Waals surface area contributed by atoms with E-state index in [0.717, 1.165) is 24.6 Å². The first-order valence-electron chi connectivity index (χ1n) is 6.41. The van der Waals surface area contributed by atoms with E-state index in [0.29, 0.717) is 12.1 Å². The van der Waals surface area contributed by atoms with Crippen LogP contribution in [0, 0.1) is 6.92 Å². The molecule has 0 saturated carbocycles. The van der Waals surface area contributed by atoms with Gasteiger partial charge >= 0.3 is 0 Å². The fourth-order valence-corrected chi connectivity index (χ4v) is 2.28. The summed E-state index contributed by atoms with van der Waals surface area (Å²) < 4.78 is 0. The molecule has 1 unspecified atom stereocenters. The Morgan fingerprint density at radius 1 is 1.53 bits per heavy atom. The van der Waals surface area contributed by atoms with E-state index in [1.54, 1.807) is 0 Å². The van der Waals surface area contributed by atoms with E-state index >= 15 is 0 Å². The Morgan fingerprint density at radius 3 is 3.00 bits per heavy atom. The molecule has 1 aliphatic rings. The lowest BCUT2D eigenvalue weighted by Gasteiger charge is -2.20. The third-order valence-electron chi connectivity index (χ3n) is 3.36. The molecule has 1 N–H and O–H groups in total. The van der Waals surface area contributed by atoms with Crippen molar-refractivity contribution >= 4 is 0 Å². The molecule has 0 bridgehead atoms. The highest BCUT2D eigenvalue weighted by Crippen LogP contribution is 2.12. The van der Waals surface area contributed by atoms with Crippen molar-refractivity contribution in [1.29, 1.82) is 0 Å². The molecular formula is C13H22N4.